The van der Waals surface area contributed by atoms with Crippen molar-refractivity contribution < 1.29 is 0 Å². The number of hydrogen-bond donors (Lipinski definition) is 0. The molecule has 0 saturated carbocycles. The molecule has 72 valence electrons. The largest absolute Gasteiger partial charge is 0.273 e. The zero-order valence-corrected chi connectivity index (χ0v) is 8.78. The first-order valence-corrected chi connectivity index (χ1v) is 4.79. The first-order valence-electron chi connectivity index (χ1n) is 4.79. The fraction of sp³-hybridized carbons (Fsp3) is 0.333. The van der Waals surface area contributed by atoms with Gasteiger partial charge >= 0.3 is 0 Å². The Balaban J connectivity index is 2.46. The Labute approximate surface area is 84.4 Å². The summed E-state index contributed by atoms with van der Waals surface area (Å²) >= 11 is 0. The molecule has 14 heavy (non-hydrogen) atoms. The number of rotatable bonds is 1. The summed E-state index contributed by atoms with van der Waals surface area (Å²) in [6.45, 7) is 6.17. The zero-order valence-electron chi connectivity index (χ0n) is 8.78. The number of aromatic nitrogens is 1. The number of pyridine rings is 1. The molecule has 2 heterocycles. The lowest BCUT2D eigenvalue weighted by Crippen LogP contribution is -2.15. The third-order valence-corrected chi connectivity index (χ3v) is 2.49. The van der Waals surface area contributed by atoms with Gasteiger partial charge in [-0.2, -0.15) is 0 Å². The molecule has 1 aromatic heterocycles. The molecule has 0 spiro atoms. The molecule has 1 aliphatic rings. The van der Waals surface area contributed by atoms with Crippen LogP contribution in [0, 0.1) is 6.92 Å². The highest BCUT2D eigenvalue weighted by molar-refractivity contribution is 5.95. The predicted molar refractivity (Wildman–Crippen MR) is 58.6 cm³/mol. The lowest BCUT2D eigenvalue weighted by atomic mass is 9.98. The van der Waals surface area contributed by atoms with Gasteiger partial charge in [-0.1, -0.05) is 0 Å². The van der Waals surface area contributed by atoms with Gasteiger partial charge in [0.15, 0.2) is 0 Å². The third-order valence-electron chi connectivity index (χ3n) is 2.49. The topological polar surface area (TPSA) is 25.2 Å². The van der Waals surface area contributed by atoms with Crippen molar-refractivity contribution in [1.82, 2.24) is 4.98 Å². The van der Waals surface area contributed by atoms with E-state index in [4.69, 9.17) is 0 Å². The fourth-order valence-corrected chi connectivity index (χ4v) is 1.68. The van der Waals surface area contributed by atoms with Gasteiger partial charge in [0.2, 0.25) is 0 Å². The second-order valence-electron chi connectivity index (χ2n) is 3.95. The Bertz CT molecular complexity index is 418. The average molecular weight is 186 g/mol. The van der Waals surface area contributed by atoms with Crippen LogP contribution in [0.15, 0.2) is 35.5 Å². The van der Waals surface area contributed by atoms with Gasteiger partial charge in [-0.3, -0.25) is 9.98 Å². The van der Waals surface area contributed by atoms with Gasteiger partial charge < -0.3 is 0 Å². The first-order chi connectivity index (χ1) is 6.60. The summed E-state index contributed by atoms with van der Waals surface area (Å²) in [5, 5.41) is 0. The summed E-state index contributed by atoms with van der Waals surface area (Å²) in [6.07, 6.45) is 5.99. The second-order valence-corrected chi connectivity index (χ2v) is 3.95. The van der Waals surface area contributed by atoms with Crippen LogP contribution in [0.2, 0.25) is 0 Å². The molecule has 0 bridgehead atoms. The maximum absolute atomic E-state index is 4.57. The molecule has 0 N–H and O–H groups in total. The second kappa shape index (κ2) is 3.05. The Hall–Kier alpha value is -1.44. The molecule has 0 aromatic carbocycles. The van der Waals surface area contributed by atoms with Crippen LogP contribution >= 0.6 is 0 Å². The highest BCUT2D eigenvalue weighted by Gasteiger charge is 2.27. The van der Waals surface area contributed by atoms with Gasteiger partial charge in [-0.25, -0.2) is 0 Å². The molecule has 1 atom stereocenters. The highest BCUT2D eigenvalue weighted by atomic mass is 14.9. The molecular weight excluding hydrogens is 172 g/mol. The van der Waals surface area contributed by atoms with E-state index in [0.717, 1.165) is 11.4 Å². The Morgan fingerprint density at radius 2 is 2.07 bits per heavy atom. The van der Waals surface area contributed by atoms with Crippen molar-refractivity contribution in [3.05, 3.63) is 41.7 Å². The summed E-state index contributed by atoms with van der Waals surface area (Å²) in [5.41, 5.74) is 3.06. The molecule has 1 aromatic rings. The minimum atomic E-state index is -0.254. The highest BCUT2D eigenvalue weighted by Crippen LogP contribution is 2.29. The van der Waals surface area contributed by atoms with E-state index in [9.17, 15) is 0 Å². The van der Waals surface area contributed by atoms with E-state index in [2.05, 4.69) is 36.0 Å². The molecule has 1 unspecified atom stereocenters. The molecule has 0 saturated heterocycles. The van der Waals surface area contributed by atoms with Gasteiger partial charge in [0.05, 0.1) is 5.69 Å². The van der Waals surface area contributed by atoms with Gasteiger partial charge in [0.25, 0.3) is 0 Å². The SMILES string of the molecule is CC1=NC(C)(c2cc(C)ccn2)C=C1. The summed E-state index contributed by atoms with van der Waals surface area (Å²) in [7, 11) is 0. The maximum Gasteiger partial charge on any atom is 0.118 e. The Morgan fingerprint density at radius 1 is 1.29 bits per heavy atom. The molecule has 2 nitrogen and oxygen atoms in total. The van der Waals surface area contributed by atoms with Crippen molar-refractivity contribution in [1.29, 1.82) is 0 Å². The van der Waals surface area contributed by atoms with E-state index in [-0.39, 0.29) is 5.54 Å². The van der Waals surface area contributed by atoms with Crippen molar-refractivity contribution in [2.75, 3.05) is 0 Å². The molecule has 0 amide bonds. The van der Waals surface area contributed by atoms with E-state index in [1.807, 2.05) is 25.3 Å². The van der Waals surface area contributed by atoms with Crippen molar-refractivity contribution in [3.8, 4) is 0 Å². The fourth-order valence-electron chi connectivity index (χ4n) is 1.68. The van der Waals surface area contributed by atoms with E-state index >= 15 is 0 Å². The summed E-state index contributed by atoms with van der Waals surface area (Å²) in [4.78, 5) is 8.94. The van der Waals surface area contributed by atoms with Gasteiger partial charge in [-0.05, 0) is 50.6 Å². The van der Waals surface area contributed by atoms with Crippen LogP contribution in [0.3, 0.4) is 0 Å². The maximum atomic E-state index is 4.57. The summed E-state index contributed by atoms with van der Waals surface area (Å²) < 4.78 is 0. The molecule has 0 aliphatic carbocycles. The van der Waals surface area contributed by atoms with E-state index < -0.39 is 0 Å². The van der Waals surface area contributed by atoms with Crippen molar-refractivity contribution >= 4 is 5.71 Å². The van der Waals surface area contributed by atoms with Crippen molar-refractivity contribution in [2.45, 2.75) is 26.3 Å². The number of aryl methyl sites for hydroxylation is 1. The van der Waals surface area contributed by atoms with E-state index in [1.54, 1.807) is 0 Å². The standard InChI is InChI=1S/C12H14N2/c1-9-5-7-13-11(8-9)12(3)6-4-10(2)14-12/h4-8H,1-3H3. The van der Waals surface area contributed by atoms with Crippen molar-refractivity contribution in [2.24, 2.45) is 4.99 Å². The zero-order chi connectivity index (χ0) is 10.2. The van der Waals surface area contributed by atoms with Crippen LogP contribution in [0.1, 0.15) is 25.1 Å². The minimum Gasteiger partial charge on any atom is -0.273 e. The normalized spacial score (nSPS) is 25.2. The summed E-state index contributed by atoms with van der Waals surface area (Å²) in [6, 6.07) is 4.09. The lowest BCUT2D eigenvalue weighted by Gasteiger charge is -2.17. The smallest absolute Gasteiger partial charge is 0.118 e. The van der Waals surface area contributed by atoms with Crippen LogP contribution < -0.4 is 0 Å². The molecule has 0 radical (unpaired) electrons. The summed E-state index contributed by atoms with van der Waals surface area (Å²) in [5.74, 6) is 0. The molecular formula is C12H14N2. The van der Waals surface area contributed by atoms with Crippen LogP contribution in [0.4, 0.5) is 0 Å². The van der Waals surface area contributed by atoms with Crippen LogP contribution in [-0.2, 0) is 5.54 Å². The van der Waals surface area contributed by atoms with Crippen LogP contribution in [-0.4, -0.2) is 10.7 Å². The molecule has 1 aliphatic heterocycles. The van der Waals surface area contributed by atoms with Crippen molar-refractivity contribution in [3.63, 3.8) is 0 Å². The molecule has 0 fully saturated rings. The van der Waals surface area contributed by atoms with E-state index in [0.29, 0.717) is 0 Å². The third kappa shape index (κ3) is 1.48. The molecule has 2 heteroatoms. The quantitative estimate of drug-likeness (QED) is 0.662. The predicted octanol–water partition coefficient (Wildman–Crippen LogP) is 2.64. The van der Waals surface area contributed by atoms with Gasteiger partial charge in [0.1, 0.15) is 5.54 Å². The minimum absolute atomic E-state index is 0.254. The van der Waals surface area contributed by atoms with Gasteiger partial charge in [-0.15, -0.1) is 0 Å². The van der Waals surface area contributed by atoms with E-state index in [1.165, 1.54) is 5.56 Å². The number of allylic oxidation sites excluding steroid dienone is 1. The monoisotopic (exact) mass is 186 g/mol. The number of hydrogen-bond acceptors (Lipinski definition) is 2. The van der Waals surface area contributed by atoms with Crippen LogP contribution in [0.5, 0.6) is 0 Å². The number of aliphatic imine (C=N–C) groups is 1. The Morgan fingerprint density at radius 3 is 2.64 bits per heavy atom. The van der Waals surface area contributed by atoms with Crippen LogP contribution in [0.25, 0.3) is 0 Å². The lowest BCUT2D eigenvalue weighted by molar-refractivity contribution is 0.620. The molecule has 2 rings (SSSR count). The Kier molecular flexibility index (Phi) is 1.99. The average Bonchev–Trinajstić information content (AvgIpc) is 2.48. The van der Waals surface area contributed by atoms with Gasteiger partial charge in [0, 0.05) is 11.9 Å². The first kappa shape index (κ1) is 9.13. The number of nitrogens with zero attached hydrogens (tertiary/aromatic N) is 2.